The molecule has 21 heavy (non-hydrogen) atoms. The maximum Gasteiger partial charge on any atom is 0.346 e. The number of fused-ring (bicyclic) bond motifs is 1. The summed E-state index contributed by atoms with van der Waals surface area (Å²) >= 11 is 0. The number of anilines is 1. The first-order chi connectivity index (χ1) is 9.90. The van der Waals surface area contributed by atoms with E-state index in [2.05, 4.69) is 6.58 Å². The van der Waals surface area contributed by atoms with Gasteiger partial charge < -0.3 is 14.7 Å². The highest BCUT2D eigenvalue weighted by Gasteiger charge is 2.34. The fraction of sp³-hybridized carbons (Fsp3) is 0.333. The number of amides is 2. The van der Waals surface area contributed by atoms with Crippen LogP contribution < -0.4 is 9.64 Å². The second-order valence-corrected chi connectivity index (χ2v) is 5.12. The summed E-state index contributed by atoms with van der Waals surface area (Å²) in [4.78, 5) is 26.7. The van der Waals surface area contributed by atoms with Crippen LogP contribution in [0.5, 0.6) is 5.75 Å². The summed E-state index contributed by atoms with van der Waals surface area (Å²) in [5.41, 5.74) is 1.43. The average molecular weight is 290 g/mol. The fourth-order valence-corrected chi connectivity index (χ4v) is 2.22. The first-order valence-corrected chi connectivity index (χ1v) is 6.55. The first-order valence-electron chi connectivity index (χ1n) is 6.55. The molecule has 0 aromatic heterocycles. The van der Waals surface area contributed by atoms with E-state index in [-0.39, 0.29) is 12.6 Å². The van der Waals surface area contributed by atoms with Gasteiger partial charge in [-0.05, 0) is 19.1 Å². The third-order valence-electron chi connectivity index (χ3n) is 3.11. The largest absolute Gasteiger partial charge is 0.478 e. The molecule has 6 nitrogen and oxygen atoms in total. The summed E-state index contributed by atoms with van der Waals surface area (Å²) in [6.07, 6.45) is -1.07. The van der Waals surface area contributed by atoms with Crippen molar-refractivity contribution in [1.29, 1.82) is 0 Å². The number of carbonyl (C=O) groups is 2. The third kappa shape index (κ3) is 3.16. The van der Waals surface area contributed by atoms with Crippen molar-refractivity contribution < 1.29 is 19.4 Å². The summed E-state index contributed by atoms with van der Waals surface area (Å²) in [6, 6.07) is 6.63. The molecule has 2 rings (SSSR count). The van der Waals surface area contributed by atoms with Crippen molar-refractivity contribution in [3.05, 3.63) is 36.4 Å². The molecule has 1 aliphatic rings. The second kappa shape index (κ2) is 5.87. The molecule has 1 aromatic rings. The Morgan fingerprint density at radius 1 is 1.48 bits per heavy atom. The van der Waals surface area contributed by atoms with Gasteiger partial charge in [-0.1, -0.05) is 24.3 Å². The molecule has 1 atom stereocenters. The molecular formula is C15H18N2O4. The lowest BCUT2D eigenvalue weighted by atomic mass is 10.2. The van der Waals surface area contributed by atoms with Gasteiger partial charge in [0, 0.05) is 13.6 Å². The maximum atomic E-state index is 12.5. The number of hydrogen-bond acceptors (Lipinski definition) is 3. The number of ether oxygens (including phenoxy) is 1. The van der Waals surface area contributed by atoms with E-state index in [4.69, 9.17) is 9.84 Å². The van der Waals surface area contributed by atoms with E-state index >= 15 is 0 Å². The number of urea groups is 1. The van der Waals surface area contributed by atoms with E-state index in [0.29, 0.717) is 18.0 Å². The highest BCUT2D eigenvalue weighted by molar-refractivity contribution is 5.95. The lowest BCUT2D eigenvalue weighted by Gasteiger charge is -2.35. The minimum absolute atomic E-state index is 0.0221. The first kappa shape index (κ1) is 14.9. The van der Waals surface area contributed by atoms with E-state index in [1.807, 2.05) is 6.92 Å². The van der Waals surface area contributed by atoms with Gasteiger partial charge in [-0.2, -0.15) is 0 Å². The molecule has 0 aliphatic carbocycles. The molecule has 1 aliphatic heterocycles. The summed E-state index contributed by atoms with van der Waals surface area (Å²) in [6.45, 7) is 6.00. The molecule has 112 valence electrons. The van der Waals surface area contributed by atoms with E-state index in [0.717, 1.165) is 5.57 Å². The van der Waals surface area contributed by atoms with Gasteiger partial charge in [0.1, 0.15) is 5.75 Å². The van der Waals surface area contributed by atoms with Crippen molar-refractivity contribution in [2.45, 2.75) is 13.0 Å². The number of rotatable bonds is 3. The Morgan fingerprint density at radius 2 is 2.14 bits per heavy atom. The number of hydrogen-bond donors (Lipinski definition) is 1. The fourth-order valence-electron chi connectivity index (χ4n) is 2.22. The Balaban J connectivity index is 2.30. The molecule has 6 heteroatoms. The Kier molecular flexibility index (Phi) is 4.16. The van der Waals surface area contributed by atoms with Crippen LogP contribution in [0.4, 0.5) is 10.5 Å². The number of carboxylic acid groups (broad SMARTS) is 1. The van der Waals surface area contributed by atoms with Gasteiger partial charge in [0.15, 0.2) is 0 Å². The van der Waals surface area contributed by atoms with Crippen LogP contribution in [-0.2, 0) is 4.79 Å². The minimum Gasteiger partial charge on any atom is -0.478 e. The maximum absolute atomic E-state index is 12.5. The number of benzene rings is 1. The average Bonchev–Trinajstić information content (AvgIpc) is 2.44. The minimum atomic E-state index is -1.09. The highest BCUT2D eigenvalue weighted by Crippen LogP contribution is 2.33. The molecule has 0 saturated heterocycles. The molecule has 0 radical (unpaired) electrons. The van der Waals surface area contributed by atoms with Crippen LogP contribution in [-0.4, -0.2) is 48.2 Å². The zero-order chi connectivity index (χ0) is 15.6. The van der Waals surface area contributed by atoms with Gasteiger partial charge in [-0.25, -0.2) is 9.59 Å². The predicted molar refractivity (Wildman–Crippen MR) is 78.7 cm³/mol. The SMILES string of the molecule is C=C(C)CN(C)C(=O)N1CC(C(=O)O)Oc2ccccc21. The van der Waals surface area contributed by atoms with Crippen molar-refractivity contribution in [2.75, 3.05) is 25.0 Å². The molecule has 1 unspecified atom stereocenters. The van der Waals surface area contributed by atoms with Crippen molar-refractivity contribution in [3.63, 3.8) is 0 Å². The Labute approximate surface area is 123 Å². The molecule has 1 heterocycles. The van der Waals surface area contributed by atoms with Crippen LogP contribution in [0.3, 0.4) is 0 Å². The van der Waals surface area contributed by atoms with Crippen LogP contribution >= 0.6 is 0 Å². The Hall–Kier alpha value is -2.50. The molecule has 0 spiro atoms. The van der Waals surface area contributed by atoms with Crippen LogP contribution in [0.15, 0.2) is 36.4 Å². The van der Waals surface area contributed by atoms with E-state index < -0.39 is 12.1 Å². The molecule has 1 N–H and O–H groups in total. The van der Waals surface area contributed by atoms with Crippen LogP contribution in [0, 0.1) is 0 Å². The third-order valence-corrected chi connectivity index (χ3v) is 3.11. The predicted octanol–water partition coefficient (Wildman–Crippen LogP) is 1.97. The van der Waals surface area contributed by atoms with Gasteiger partial charge in [-0.3, -0.25) is 4.90 Å². The number of nitrogens with zero attached hydrogens (tertiary/aromatic N) is 2. The number of aliphatic carboxylic acids is 1. The van der Waals surface area contributed by atoms with Gasteiger partial charge in [0.25, 0.3) is 0 Å². The van der Waals surface area contributed by atoms with Gasteiger partial charge in [-0.15, -0.1) is 0 Å². The molecule has 0 saturated carbocycles. The van der Waals surface area contributed by atoms with E-state index in [1.165, 1.54) is 9.80 Å². The lowest BCUT2D eigenvalue weighted by molar-refractivity contribution is -0.144. The second-order valence-electron chi connectivity index (χ2n) is 5.12. The molecule has 0 fully saturated rings. The van der Waals surface area contributed by atoms with E-state index in [1.54, 1.807) is 31.3 Å². The summed E-state index contributed by atoms with van der Waals surface area (Å²) < 4.78 is 5.41. The summed E-state index contributed by atoms with van der Waals surface area (Å²) in [7, 11) is 1.66. The standard InChI is InChI=1S/C15H18N2O4/c1-10(2)8-16(3)15(20)17-9-13(14(18)19)21-12-7-5-4-6-11(12)17/h4-7,13H,1,8-9H2,2-3H3,(H,18,19). The van der Waals surface area contributed by atoms with Crippen molar-refractivity contribution in [2.24, 2.45) is 0 Å². The number of carbonyl (C=O) groups excluding carboxylic acids is 1. The van der Waals surface area contributed by atoms with Crippen LogP contribution in [0.25, 0.3) is 0 Å². The Morgan fingerprint density at radius 3 is 2.76 bits per heavy atom. The quantitative estimate of drug-likeness (QED) is 0.864. The number of para-hydroxylation sites is 2. The van der Waals surface area contributed by atoms with Gasteiger partial charge in [0.05, 0.1) is 12.2 Å². The zero-order valence-corrected chi connectivity index (χ0v) is 12.1. The van der Waals surface area contributed by atoms with Crippen molar-refractivity contribution in [3.8, 4) is 5.75 Å². The molecule has 0 bridgehead atoms. The summed E-state index contributed by atoms with van der Waals surface area (Å²) in [5, 5.41) is 9.16. The topological polar surface area (TPSA) is 70.1 Å². The monoisotopic (exact) mass is 290 g/mol. The highest BCUT2D eigenvalue weighted by atomic mass is 16.5. The Bertz CT molecular complexity index is 585. The van der Waals surface area contributed by atoms with Crippen LogP contribution in [0.1, 0.15) is 6.92 Å². The normalized spacial score (nSPS) is 16.7. The van der Waals surface area contributed by atoms with Gasteiger partial charge >= 0.3 is 12.0 Å². The lowest BCUT2D eigenvalue weighted by Crippen LogP contribution is -2.51. The smallest absolute Gasteiger partial charge is 0.346 e. The molecule has 1 aromatic carbocycles. The van der Waals surface area contributed by atoms with Crippen molar-refractivity contribution in [1.82, 2.24) is 4.90 Å². The molecule has 2 amide bonds. The summed E-state index contributed by atoms with van der Waals surface area (Å²) in [5.74, 6) is -0.696. The van der Waals surface area contributed by atoms with Gasteiger partial charge in [0.2, 0.25) is 6.10 Å². The van der Waals surface area contributed by atoms with Crippen molar-refractivity contribution >= 4 is 17.7 Å². The number of likely N-dealkylation sites (N-methyl/N-ethyl adjacent to an activating group) is 1. The number of carboxylic acids is 1. The zero-order valence-electron chi connectivity index (χ0n) is 12.1. The van der Waals surface area contributed by atoms with Crippen LogP contribution in [0.2, 0.25) is 0 Å². The molecular weight excluding hydrogens is 272 g/mol. The van der Waals surface area contributed by atoms with E-state index in [9.17, 15) is 9.59 Å².